The molecule has 7 aromatic carbocycles. The number of hydrogen-bond donors (Lipinski definition) is 0. The van der Waals surface area contributed by atoms with Gasteiger partial charge in [-0.15, -0.1) is 0 Å². The average Bonchev–Trinajstić information content (AvgIpc) is 3.69. The molecule has 9 aromatic rings. The minimum absolute atomic E-state index is 0.543. The van der Waals surface area contributed by atoms with Gasteiger partial charge in [-0.05, 0) is 77.9 Å². The van der Waals surface area contributed by atoms with Crippen LogP contribution in [0.3, 0.4) is 0 Å². The Kier molecular flexibility index (Phi) is 6.56. The summed E-state index contributed by atoms with van der Waals surface area (Å²) in [5.41, 5.74) is 11.5. The number of hydrogen-bond acceptors (Lipinski definition) is 3. The Morgan fingerprint density at radius 1 is 0.360 bits per heavy atom. The standard InChI is InChI=1S/C45H25N5/c46-26-29-17-21-44-39(23-29)40-24-30(27-47)18-22-45(40)49(44)32-19-20-33(31(25-32)28-48)34-9-1-2-10-35(34)36-11-3-6-14-41(36)50-42-15-7-4-12-37(42)38-13-5-8-16-43(38)50/h1-25H. The lowest BCUT2D eigenvalue weighted by atomic mass is 9.91. The predicted molar refractivity (Wildman–Crippen MR) is 200 cm³/mol. The number of para-hydroxylation sites is 3. The zero-order valence-electron chi connectivity index (χ0n) is 26.7. The summed E-state index contributed by atoms with van der Waals surface area (Å²) in [6.07, 6.45) is 0. The second kappa shape index (κ2) is 11.4. The highest BCUT2D eigenvalue weighted by molar-refractivity contribution is 6.11. The number of rotatable bonds is 4. The third-order valence-electron chi connectivity index (χ3n) is 9.64. The topological polar surface area (TPSA) is 81.2 Å². The summed E-state index contributed by atoms with van der Waals surface area (Å²) >= 11 is 0. The van der Waals surface area contributed by atoms with E-state index in [0.717, 1.165) is 66.5 Å². The van der Waals surface area contributed by atoms with Crippen molar-refractivity contribution >= 4 is 43.6 Å². The van der Waals surface area contributed by atoms with Gasteiger partial charge in [0.2, 0.25) is 0 Å². The molecule has 0 radical (unpaired) electrons. The molecule has 0 aliphatic heterocycles. The van der Waals surface area contributed by atoms with Gasteiger partial charge in [-0.2, -0.15) is 15.8 Å². The molecule has 230 valence electrons. The summed E-state index contributed by atoms with van der Waals surface area (Å²) < 4.78 is 4.43. The minimum Gasteiger partial charge on any atom is -0.309 e. The highest BCUT2D eigenvalue weighted by Crippen LogP contribution is 2.41. The van der Waals surface area contributed by atoms with Crippen molar-refractivity contribution in [1.29, 1.82) is 15.8 Å². The van der Waals surface area contributed by atoms with Gasteiger partial charge in [0.15, 0.2) is 0 Å². The van der Waals surface area contributed by atoms with E-state index in [2.05, 4.69) is 112 Å². The Morgan fingerprint density at radius 3 is 1.44 bits per heavy atom. The molecule has 50 heavy (non-hydrogen) atoms. The molecular weight excluding hydrogens is 611 g/mol. The monoisotopic (exact) mass is 635 g/mol. The normalized spacial score (nSPS) is 11.1. The highest BCUT2D eigenvalue weighted by atomic mass is 15.0. The van der Waals surface area contributed by atoms with Crippen LogP contribution in [-0.2, 0) is 0 Å². The van der Waals surface area contributed by atoms with Crippen LogP contribution in [0.5, 0.6) is 0 Å². The molecule has 0 saturated heterocycles. The first-order valence-electron chi connectivity index (χ1n) is 16.3. The fourth-order valence-corrected chi connectivity index (χ4v) is 7.47. The van der Waals surface area contributed by atoms with Gasteiger partial charge in [0.25, 0.3) is 0 Å². The van der Waals surface area contributed by atoms with Crippen LogP contribution in [0, 0.1) is 34.0 Å². The Bertz CT molecular complexity index is 2850. The fourth-order valence-electron chi connectivity index (χ4n) is 7.47. The number of nitriles is 3. The largest absolute Gasteiger partial charge is 0.309 e. The summed E-state index contributed by atoms with van der Waals surface area (Å²) in [6, 6.07) is 57.9. The lowest BCUT2D eigenvalue weighted by molar-refractivity contribution is 1.17. The second-order valence-electron chi connectivity index (χ2n) is 12.3. The van der Waals surface area contributed by atoms with E-state index < -0.39 is 0 Å². The van der Waals surface area contributed by atoms with Crippen molar-refractivity contribution in [2.75, 3.05) is 0 Å². The van der Waals surface area contributed by atoms with Crippen molar-refractivity contribution in [3.05, 3.63) is 168 Å². The van der Waals surface area contributed by atoms with Crippen LogP contribution in [0.4, 0.5) is 0 Å². The van der Waals surface area contributed by atoms with E-state index >= 15 is 0 Å². The van der Waals surface area contributed by atoms with Gasteiger partial charge in [-0.1, -0.05) is 84.9 Å². The lowest BCUT2D eigenvalue weighted by Gasteiger charge is -2.18. The van der Waals surface area contributed by atoms with Crippen molar-refractivity contribution in [3.8, 4) is 51.8 Å². The molecule has 5 nitrogen and oxygen atoms in total. The first kappa shape index (κ1) is 28.8. The second-order valence-corrected chi connectivity index (χ2v) is 12.3. The molecule has 0 fully saturated rings. The SMILES string of the molecule is N#Cc1ccc2c(c1)c1cc(C#N)ccc1n2-c1ccc(-c2ccccc2-c2ccccc2-n2c3ccccc3c3ccccc32)c(C#N)c1. The molecule has 0 spiro atoms. The van der Waals surface area contributed by atoms with E-state index in [-0.39, 0.29) is 0 Å². The molecule has 2 aromatic heterocycles. The quantitative estimate of drug-likeness (QED) is 0.193. The summed E-state index contributed by atoms with van der Waals surface area (Å²) in [5.74, 6) is 0. The molecule has 0 aliphatic rings. The minimum atomic E-state index is 0.543. The number of fused-ring (bicyclic) bond motifs is 6. The molecule has 5 heteroatoms. The summed E-state index contributed by atoms with van der Waals surface area (Å²) in [6.45, 7) is 0. The van der Waals surface area contributed by atoms with Crippen molar-refractivity contribution in [2.24, 2.45) is 0 Å². The van der Waals surface area contributed by atoms with E-state index in [9.17, 15) is 15.8 Å². The molecule has 0 saturated carbocycles. The first-order chi connectivity index (χ1) is 24.7. The van der Waals surface area contributed by atoms with Crippen molar-refractivity contribution in [3.63, 3.8) is 0 Å². The Balaban J connectivity index is 1.24. The van der Waals surface area contributed by atoms with Crippen LogP contribution in [-0.4, -0.2) is 9.13 Å². The van der Waals surface area contributed by atoms with E-state index in [1.807, 2.05) is 54.6 Å². The number of aromatic nitrogens is 2. The molecule has 9 rings (SSSR count). The van der Waals surface area contributed by atoms with E-state index in [1.165, 1.54) is 10.8 Å². The van der Waals surface area contributed by atoms with Crippen molar-refractivity contribution < 1.29 is 0 Å². The average molecular weight is 636 g/mol. The van der Waals surface area contributed by atoms with E-state index in [4.69, 9.17) is 0 Å². The maximum absolute atomic E-state index is 10.6. The van der Waals surface area contributed by atoms with Gasteiger partial charge in [0, 0.05) is 38.4 Å². The van der Waals surface area contributed by atoms with Crippen LogP contribution in [0.1, 0.15) is 16.7 Å². The summed E-state index contributed by atoms with van der Waals surface area (Å²) in [7, 11) is 0. The van der Waals surface area contributed by atoms with Crippen molar-refractivity contribution in [2.45, 2.75) is 0 Å². The number of benzene rings is 7. The molecule has 0 bridgehead atoms. The third kappa shape index (κ3) is 4.31. The Morgan fingerprint density at radius 2 is 0.860 bits per heavy atom. The molecule has 2 heterocycles. The van der Waals surface area contributed by atoms with Gasteiger partial charge in [0.1, 0.15) is 0 Å². The van der Waals surface area contributed by atoms with Gasteiger partial charge in [-0.25, -0.2) is 0 Å². The van der Waals surface area contributed by atoms with Crippen LogP contribution < -0.4 is 0 Å². The Hall–Kier alpha value is -7.39. The molecule has 0 unspecified atom stereocenters. The number of nitrogens with zero attached hydrogens (tertiary/aromatic N) is 5. The van der Waals surface area contributed by atoms with Crippen LogP contribution in [0.2, 0.25) is 0 Å². The smallest absolute Gasteiger partial charge is 0.0998 e. The van der Waals surface area contributed by atoms with Gasteiger partial charge in [-0.3, -0.25) is 0 Å². The van der Waals surface area contributed by atoms with Crippen LogP contribution in [0.15, 0.2) is 152 Å². The molecule has 0 aliphatic carbocycles. The third-order valence-corrected chi connectivity index (χ3v) is 9.64. The summed E-state index contributed by atoms with van der Waals surface area (Å²) in [4.78, 5) is 0. The van der Waals surface area contributed by atoms with Gasteiger partial charge in [0.05, 0.1) is 62.7 Å². The maximum atomic E-state index is 10.6. The maximum Gasteiger partial charge on any atom is 0.0998 e. The van der Waals surface area contributed by atoms with E-state index in [1.54, 1.807) is 12.1 Å². The highest BCUT2D eigenvalue weighted by Gasteiger charge is 2.20. The lowest BCUT2D eigenvalue weighted by Crippen LogP contribution is -1.99. The Labute approximate surface area is 287 Å². The van der Waals surface area contributed by atoms with Crippen LogP contribution >= 0.6 is 0 Å². The van der Waals surface area contributed by atoms with Crippen LogP contribution in [0.25, 0.3) is 77.2 Å². The zero-order chi connectivity index (χ0) is 33.8. The van der Waals surface area contributed by atoms with Gasteiger partial charge < -0.3 is 9.13 Å². The predicted octanol–water partition coefficient (Wildman–Crippen LogP) is 10.8. The molecule has 0 N–H and O–H groups in total. The molecular formula is C45H25N5. The molecule has 0 amide bonds. The van der Waals surface area contributed by atoms with Gasteiger partial charge >= 0.3 is 0 Å². The fraction of sp³-hybridized carbons (Fsp3) is 0. The van der Waals surface area contributed by atoms with E-state index in [0.29, 0.717) is 16.7 Å². The summed E-state index contributed by atoms with van der Waals surface area (Å²) in [5, 5.41) is 34.0. The molecule has 0 atom stereocenters. The van der Waals surface area contributed by atoms with Crippen molar-refractivity contribution in [1.82, 2.24) is 9.13 Å². The zero-order valence-corrected chi connectivity index (χ0v) is 26.7. The first-order valence-corrected chi connectivity index (χ1v) is 16.3.